The van der Waals surface area contributed by atoms with Gasteiger partial charge < -0.3 is 10.6 Å². The first-order chi connectivity index (χ1) is 15.8. The fourth-order valence-electron chi connectivity index (χ4n) is 3.45. The number of carbonyl (C=O) groups is 2. The first-order valence-electron chi connectivity index (χ1n) is 10.0. The van der Waals surface area contributed by atoms with E-state index < -0.39 is 15.8 Å². The number of allylic oxidation sites excluding steroid dienone is 1. The van der Waals surface area contributed by atoms with Gasteiger partial charge in [0.15, 0.2) is 4.91 Å². The molecule has 0 saturated carbocycles. The molecule has 168 valence electrons. The number of hydrogen-bond acceptors (Lipinski definition) is 5. The number of sulfonamides is 1. The van der Waals surface area contributed by atoms with Crippen molar-refractivity contribution in [2.24, 2.45) is 0 Å². The highest BCUT2D eigenvalue weighted by Crippen LogP contribution is 2.36. The Labute approximate surface area is 196 Å². The molecule has 0 aromatic heterocycles. The highest BCUT2D eigenvalue weighted by molar-refractivity contribution is 7.97. The van der Waals surface area contributed by atoms with E-state index in [-0.39, 0.29) is 17.4 Å². The summed E-state index contributed by atoms with van der Waals surface area (Å²) in [5.74, 6) is -0.781. The van der Waals surface area contributed by atoms with E-state index in [9.17, 15) is 18.0 Å². The van der Waals surface area contributed by atoms with Gasteiger partial charge in [0, 0.05) is 35.1 Å². The summed E-state index contributed by atoms with van der Waals surface area (Å²) in [5, 5.41) is 6.09. The molecular weight excluding hydrogens is 462 g/mol. The third-order valence-electron chi connectivity index (χ3n) is 5.02. The van der Waals surface area contributed by atoms with E-state index in [4.69, 9.17) is 11.6 Å². The van der Waals surface area contributed by atoms with Crippen LogP contribution in [0, 0.1) is 0 Å². The first-order valence-corrected chi connectivity index (χ1v) is 11.8. The lowest BCUT2D eigenvalue weighted by Crippen LogP contribution is -2.39. The number of amides is 1. The van der Waals surface area contributed by atoms with Gasteiger partial charge in [0.05, 0.1) is 12.2 Å². The van der Waals surface area contributed by atoms with Gasteiger partial charge in [0.25, 0.3) is 10.0 Å². The quantitative estimate of drug-likeness (QED) is 0.511. The molecule has 3 aromatic carbocycles. The lowest BCUT2D eigenvalue weighted by Gasteiger charge is -2.31. The second kappa shape index (κ2) is 9.09. The number of hydrogen-bond donors (Lipinski definition) is 2. The molecule has 0 spiro atoms. The van der Waals surface area contributed by atoms with Crippen LogP contribution in [0.5, 0.6) is 0 Å². The van der Waals surface area contributed by atoms with Crippen LogP contribution in [0.3, 0.4) is 0 Å². The molecule has 9 heteroatoms. The van der Waals surface area contributed by atoms with Crippen molar-refractivity contribution in [3.8, 4) is 0 Å². The Morgan fingerprint density at radius 1 is 0.970 bits per heavy atom. The Bertz CT molecular complexity index is 1350. The van der Waals surface area contributed by atoms with Crippen molar-refractivity contribution in [3.05, 3.63) is 100 Å². The number of fused-ring (bicyclic) bond motifs is 1. The van der Waals surface area contributed by atoms with E-state index in [2.05, 4.69) is 10.6 Å². The maximum atomic E-state index is 13.5. The van der Waals surface area contributed by atoms with E-state index >= 15 is 0 Å². The monoisotopic (exact) mass is 481 g/mol. The van der Waals surface area contributed by atoms with Crippen molar-refractivity contribution >= 4 is 50.4 Å². The molecule has 0 unspecified atom stereocenters. The van der Waals surface area contributed by atoms with Crippen molar-refractivity contribution in [1.29, 1.82) is 0 Å². The van der Waals surface area contributed by atoms with Crippen LogP contribution in [0.2, 0.25) is 5.02 Å². The molecule has 0 radical (unpaired) electrons. The second-order valence-electron chi connectivity index (χ2n) is 7.40. The molecule has 0 fully saturated rings. The number of benzene rings is 3. The van der Waals surface area contributed by atoms with Crippen LogP contribution < -0.4 is 14.9 Å². The van der Waals surface area contributed by atoms with Gasteiger partial charge >= 0.3 is 0 Å². The molecule has 3 aromatic rings. The fraction of sp³-hybridized carbons (Fsp3) is 0.0833. The number of carbonyl (C=O) groups excluding carboxylic acids is 2. The summed E-state index contributed by atoms with van der Waals surface area (Å²) < 4.78 is 28.2. The minimum Gasteiger partial charge on any atom is -0.360 e. The average molecular weight is 482 g/mol. The van der Waals surface area contributed by atoms with Crippen molar-refractivity contribution in [2.75, 3.05) is 14.9 Å². The van der Waals surface area contributed by atoms with Crippen LogP contribution in [0.4, 0.5) is 17.1 Å². The summed E-state index contributed by atoms with van der Waals surface area (Å²) in [6, 6.07) is 20.2. The average Bonchev–Trinajstić information content (AvgIpc) is 2.78. The van der Waals surface area contributed by atoms with Crippen molar-refractivity contribution in [2.45, 2.75) is 13.5 Å². The number of Topliss-reactive ketones (excluding diaryl/α,β-unsaturated/α-hetero) is 1. The van der Waals surface area contributed by atoms with Crippen LogP contribution in [-0.2, 0) is 21.4 Å². The summed E-state index contributed by atoms with van der Waals surface area (Å²) >= 11 is 5.95. The number of ketones is 1. The lowest BCUT2D eigenvalue weighted by molar-refractivity contribution is -0.114. The molecule has 2 N–H and O–H groups in total. The topological polar surface area (TPSA) is 95.6 Å². The maximum absolute atomic E-state index is 13.5. The molecule has 1 aliphatic rings. The molecule has 1 amide bonds. The summed E-state index contributed by atoms with van der Waals surface area (Å²) in [7, 11) is -4.14. The summed E-state index contributed by atoms with van der Waals surface area (Å²) in [6.07, 6.45) is 1.20. The molecule has 0 aliphatic carbocycles. The van der Waals surface area contributed by atoms with Gasteiger partial charge in [-0.3, -0.25) is 13.9 Å². The van der Waals surface area contributed by atoms with Crippen LogP contribution in [-0.4, -0.2) is 20.1 Å². The van der Waals surface area contributed by atoms with Crippen molar-refractivity contribution < 1.29 is 18.0 Å². The largest absolute Gasteiger partial charge is 0.360 e. The van der Waals surface area contributed by atoms with Gasteiger partial charge in [0.1, 0.15) is 0 Å². The highest BCUT2D eigenvalue weighted by atomic mass is 35.5. The predicted molar refractivity (Wildman–Crippen MR) is 130 cm³/mol. The molecule has 0 bridgehead atoms. The molecule has 0 saturated heterocycles. The first kappa shape index (κ1) is 22.6. The van der Waals surface area contributed by atoms with E-state index in [1.54, 1.807) is 72.8 Å². The van der Waals surface area contributed by atoms with E-state index in [1.807, 2.05) is 0 Å². The fourth-order valence-corrected chi connectivity index (χ4v) is 5.10. The third kappa shape index (κ3) is 4.76. The SMILES string of the molecule is CC(=O)Nc1ccc(N/C=C2\C(=O)c3ccccc3N(Cc3ccc(Cl)cc3)S2(=O)=O)cc1. The third-order valence-corrected chi connectivity index (χ3v) is 7.04. The molecule has 1 heterocycles. The number of rotatable bonds is 5. The normalized spacial score (nSPS) is 15.8. The standard InChI is InChI=1S/C24H20ClN3O4S/c1-16(29)27-20-12-10-19(11-13-20)26-14-23-24(30)21-4-2-3-5-22(21)28(33(23,31)32)15-17-6-8-18(25)9-7-17/h2-14,26H,15H2,1H3,(H,27,29)/b23-14+. The molecule has 7 nitrogen and oxygen atoms in total. The number of para-hydroxylation sites is 1. The minimum atomic E-state index is -4.14. The van der Waals surface area contributed by atoms with Gasteiger partial charge in [-0.2, -0.15) is 0 Å². The van der Waals surface area contributed by atoms with E-state index in [1.165, 1.54) is 17.4 Å². The van der Waals surface area contributed by atoms with Crippen molar-refractivity contribution in [3.63, 3.8) is 0 Å². The summed E-state index contributed by atoms with van der Waals surface area (Å²) in [4.78, 5) is 23.9. The zero-order valence-electron chi connectivity index (χ0n) is 17.6. The van der Waals surface area contributed by atoms with Crippen LogP contribution in [0.15, 0.2) is 83.9 Å². The Balaban J connectivity index is 1.69. The zero-order valence-corrected chi connectivity index (χ0v) is 19.2. The number of nitrogens with one attached hydrogen (secondary N) is 2. The van der Waals surface area contributed by atoms with Crippen LogP contribution in [0.1, 0.15) is 22.8 Å². The van der Waals surface area contributed by atoms with Crippen LogP contribution >= 0.6 is 11.6 Å². The van der Waals surface area contributed by atoms with Crippen LogP contribution in [0.25, 0.3) is 0 Å². The minimum absolute atomic E-state index is 0.0482. The highest BCUT2D eigenvalue weighted by Gasteiger charge is 2.40. The number of nitrogens with zero attached hydrogens (tertiary/aromatic N) is 1. The lowest BCUT2D eigenvalue weighted by atomic mass is 10.1. The van der Waals surface area contributed by atoms with E-state index in [0.29, 0.717) is 27.6 Å². The number of halogens is 1. The van der Waals surface area contributed by atoms with Gasteiger partial charge in [0.2, 0.25) is 11.7 Å². The number of anilines is 3. The maximum Gasteiger partial charge on any atom is 0.270 e. The second-order valence-corrected chi connectivity index (χ2v) is 9.66. The van der Waals surface area contributed by atoms with Crippen molar-refractivity contribution in [1.82, 2.24) is 0 Å². The molecule has 0 atom stereocenters. The predicted octanol–water partition coefficient (Wildman–Crippen LogP) is 4.78. The van der Waals surface area contributed by atoms with Gasteiger partial charge in [-0.25, -0.2) is 8.42 Å². The summed E-state index contributed by atoms with van der Waals surface area (Å²) in [5.41, 5.74) is 2.52. The van der Waals surface area contributed by atoms with Gasteiger partial charge in [-0.05, 0) is 54.1 Å². The van der Waals surface area contributed by atoms with E-state index in [0.717, 1.165) is 5.56 Å². The smallest absolute Gasteiger partial charge is 0.270 e. The molecule has 33 heavy (non-hydrogen) atoms. The summed E-state index contributed by atoms with van der Waals surface area (Å²) in [6.45, 7) is 1.45. The molecule has 4 rings (SSSR count). The molecular formula is C24H20ClN3O4S. The molecule has 1 aliphatic heterocycles. The Morgan fingerprint density at radius 2 is 1.61 bits per heavy atom. The Morgan fingerprint density at radius 3 is 2.27 bits per heavy atom. The zero-order chi connectivity index (χ0) is 23.6. The van der Waals surface area contributed by atoms with Gasteiger partial charge in [-0.1, -0.05) is 35.9 Å². The Hall–Kier alpha value is -3.62. The van der Waals surface area contributed by atoms with Gasteiger partial charge in [-0.15, -0.1) is 0 Å². The Kier molecular flexibility index (Phi) is 6.22.